The molecule has 2 fully saturated rings. The van der Waals surface area contributed by atoms with Crippen LogP contribution in [0, 0.1) is 0 Å². The van der Waals surface area contributed by atoms with Crippen LogP contribution in [0.25, 0.3) is 0 Å². The second-order valence-electron chi connectivity index (χ2n) is 6.75. The van der Waals surface area contributed by atoms with E-state index in [1.807, 2.05) is 35.7 Å². The van der Waals surface area contributed by atoms with E-state index in [0.717, 1.165) is 4.88 Å². The van der Waals surface area contributed by atoms with Crippen LogP contribution >= 0.6 is 11.3 Å². The van der Waals surface area contributed by atoms with Crippen LogP contribution < -0.4 is 4.74 Å². The molecule has 0 radical (unpaired) electrons. The fourth-order valence-electron chi connectivity index (χ4n) is 3.51. The molecule has 2 aliphatic rings. The summed E-state index contributed by atoms with van der Waals surface area (Å²) in [6.45, 7) is 1.28. The van der Waals surface area contributed by atoms with Crippen LogP contribution in [0.1, 0.15) is 4.88 Å². The lowest BCUT2D eigenvalue weighted by Gasteiger charge is -2.35. The molecule has 4 amide bonds. The Bertz CT molecular complexity index is 856. The maximum absolute atomic E-state index is 12.8. The number of carbonyl (C=O) groups is 3. The molecular weight excluding hydrogens is 378 g/mol. The smallest absolute Gasteiger partial charge is 0.327 e. The Morgan fingerprint density at radius 2 is 1.93 bits per heavy atom. The molecule has 2 aromatic rings. The number of hydrogen-bond acceptors (Lipinski definition) is 5. The second-order valence-corrected chi connectivity index (χ2v) is 7.78. The first kappa shape index (κ1) is 18.5. The van der Waals surface area contributed by atoms with Gasteiger partial charge in [-0.05, 0) is 30.0 Å². The summed E-state index contributed by atoms with van der Waals surface area (Å²) in [5, 5.41) is 1.98. The van der Waals surface area contributed by atoms with Crippen molar-refractivity contribution in [3.05, 3.63) is 52.7 Å². The lowest BCUT2D eigenvalue weighted by Crippen LogP contribution is -2.55. The highest BCUT2D eigenvalue weighted by atomic mass is 32.1. The van der Waals surface area contributed by atoms with Crippen LogP contribution in [0.15, 0.2) is 47.8 Å². The van der Waals surface area contributed by atoms with Crippen molar-refractivity contribution in [2.45, 2.75) is 12.5 Å². The Balaban J connectivity index is 1.34. The number of rotatable bonds is 6. The topological polar surface area (TPSA) is 70.2 Å². The number of nitrogens with zero attached hydrogens (tertiary/aromatic N) is 3. The van der Waals surface area contributed by atoms with Crippen molar-refractivity contribution in [1.29, 1.82) is 0 Å². The third-order valence-electron chi connectivity index (χ3n) is 5.03. The van der Waals surface area contributed by atoms with Crippen molar-refractivity contribution in [1.82, 2.24) is 14.7 Å². The zero-order valence-electron chi connectivity index (χ0n) is 15.3. The number of piperazine rings is 1. The van der Waals surface area contributed by atoms with Crippen LogP contribution in [-0.4, -0.2) is 71.4 Å². The molecule has 3 heterocycles. The van der Waals surface area contributed by atoms with Crippen LogP contribution in [0.5, 0.6) is 5.75 Å². The maximum Gasteiger partial charge on any atom is 0.327 e. The maximum atomic E-state index is 12.8. The van der Waals surface area contributed by atoms with Gasteiger partial charge in [-0.2, -0.15) is 0 Å². The molecule has 4 rings (SSSR count). The highest BCUT2D eigenvalue weighted by molar-refractivity contribution is 7.09. The molecule has 28 heavy (non-hydrogen) atoms. The molecule has 2 aliphatic heterocycles. The molecule has 1 atom stereocenters. The molecule has 0 spiro atoms. The summed E-state index contributed by atoms with van der Waals surface area (Å²) in [4.78, 5) is 43.5. The third-order valence-corrected chi connectivity index (χ3v) is 5.96. The highest BCUT2D eigenvalue weighted by Crippen LogP contribution is 2.23. The molecule has 0 N–H and O–H groups in total. The van der Waals surface area contributed by atoms with E-state index in [0.29, 0.717) is 31.8 Å². The number of urea groups is 1. The normalized spacial score (nSPS) is 19.1. The number of carbonyl (C=O) groups excluding carboxylic acids is 3. The Labute approximate surface area is 167 Å². The molecule has 0 saturated carbocycles. The molecule has 8 heteroatoms. The number of thiophene rings is 1. The van der Waals surface area contributed by atoms with Crippen LogP contribution in [-0.2, 0) is 16.0 Å². The largest absolute Gasteiger partial charge is 0.484 e. The third kappa shape index (κ3) is 3.73. The number of hydrogen-bond donors (Lipinski definition) is 0. The average molecular weight is 399 g/mol. The number of amides is 4. The summed E-state index contributed by atoms with van der Waals surface area (Å²) in [5.74, 6) is 0.227. The van der Waals surface area contributed by atoms with Crippen molar-refractivity contribution in [2.24, 2.45) is 0 Å². The Morgan fingerprint density at radius 3 is 2.68 bits per heavy atom. The highest BCUT2D eigenvalue weighted by Gasteiger charge is 2.48. The number of para-hydroxylation sites is 1. The Hall–Kier alpha value is -2.87. The lowest BCUT2D eigenvalue weighted by molar-refractivity contribution is -0.137. The van der Waals surface area contributed by atoms with Crippen LogP contribution in [0.2, 0.25) is 0 Å². The zero-order chi connectivity index (χ0) is 19.5. The van der Waals surface area contributed by atoms with Gasteiger partial charge in [-0.3, -0.25) is 14.5 Å². The number of benzene rings is 1. The van der Waals surface area contributed by atoms with Crippen molar-refractivity contribution in [3.63, 3.8) is 0 Å². The van der Waals surface area contributed by atoms with E-state index in [1.165, 1.54) is 4.90 Å². The van der Waals surface area contributed by atoms with Gasteiger partial charge < -0.3 is 14.5 Å². The van der Waals surface area contributed by atoms with Crippen molar-refractivity contribution in [3.8, 4) is 5.75 Å². The molecule has 0 bridgehead atoms. The van der Waals surface area contributed by atoms with Crippen LogP contribution in [0.4, 0.5) is 4.79 Å². The summed E-state index contributed by atoms with van der Waals surface area (Å²) in [6, 6.07) is 12.2. The van der Waals surface area contributed by atoms with E-state index in [-0.39, 0.29) is 31.0 Å². The fraction of sp³-hybridized carbons (Fsp3) is 0.350. The van der Waals surface area contributed by atoms with Gasteiger partial charge in [0, 0.05) is 24.5 Å². The number of ether oxygens (including phenoxy) is 1. The lowest BCUT2D eigenvalue weighted by atomic mass is 10.2. The molecular formula is C20H21N3O4S. The summed E-state index contributed by atoms with van der Waals surface area (Å²) in [6.07, 6.45) is 0.656. The molecule has 1 aromatic heterocycles. The quantitative estimate of drug-likeness (QED) is 0.695. The van der Waals surface area contributed by atoms with E-state index < -0.39 is 6.04 Å². The predicted molar refractivity (Wildman–Crippen MR) is 104 cm³/mol. The first-order valence-electron chi connectivity index (χ1n) is 9.23. The van der Waals surface area contributed by atoms with Gasteiger partial charge in [-0.25, -0.2) is 4.79 Å². The minimum atomic E-state index is -0.592. The van der Waals surface area contributed by atoms with Gasteiger partial charge >= 0.3 is 6.03 Å². The molecule has 1 unspecified atom stereocenters. The molecule has 2 saturated heterocycles. The fourth-order valence-corrected chi connectivity index (χ4v) is 4.21. The summed E-state index contributed by atoms with van der Waals surface area (Å²) >= 11 is 1.61. The molecule has 7 nitrogen and oxygen atoms in total. The predicted octanol–water partition coefficient (Wildman–Crippen LogP) is 1.84. The molecule has 1 aromatic carbocycles. The van der Waals surface area contributed by atoms with Crippen molar-refractivity contribution in [2.75, 3.05) is 32.8 Å². The number of imide groups is 1. The van der Waals surface area contributed by atoms with Gasteiger partial charge in [0.25, 0.3) is 11.8 Å². The first-order valence-corrected chi connectivity index (χ1v) is 10.1. The van der Waals surface area contributed by atoms with E-state index >= 15 is 0 Å². The average Bonchev–Trinajstić information content (AvgIpc) is 3.33. The van der Waals surface area contributed by atoms with Gasteiger partial charge in [0.15, 0.2) is 6.61 Å². The van der Waals surface area contributed by atoms with E-state index in [4.69, 9.17) is 4.74 Å². The monoisotopic (exact) mass is 399 g/mol. The number of fused-ring (bicyclic) bond motifs is 1. The van der Waals surface area contributed by atoms with Gasteiger partial charge in [0.05, 0.1) is 6.54 Å². The van der Waals surface area contributed by atoms with E-state index in [9.17, 15) is 14.4 Å². The SMILES string of the molecule is O=C(COc1ccccc1)N1CCN2C(=O)N(CCc3cccs3)C(=O)C2C1. The summed E-state index contributed by atoms with van der Waals surface area (Å²) in [5.41, 5.74) is 0. The zero-order valence-corrected chi connectivity index (χ0v) is 16.1. The van der Waals surface area contributed by atoms with E-state index in [1.54, 1.807) is 33.3 Å². The minimum Gasteiger partial charge on any atom is -0.484 e. The Morgan fingerprint density at radius 1 is 1.11 bits per heavy atom. The standard InChI is InChI=1S/C20H21N3O4S/c24-18(14-27-15-5-2-1-3-6-15)21-10-11-22-17(13-21)19(25)23(20(22)26)9-8-16-7-4-12-28-16/h1-7,12,17H,8-11,13-14H2. The van der Waals surface area contributed by atoms with Gasteiger partial charge in [-0.1, -0.05) is 24.3 Å². The van der Waals surface area contributed by atoms with Gasteiger partial charge in [-0.15, -0.1) is 11.3 Å². The Kier molecular flexibility index (Phi) is 5.29. The van der Waals surface area contributed by atoms with E-state index in [2.05, 4.69) is 0 Å². The summed E-state index contributed by atoms with van der Waals surface area (Å²) in [7, 11) is 0. The minimum absolute atomic E-state index is 0.0824. The molecule has 146 valence electrons. The van der Waals surface area contributed by atoms with Gasteiger partial charge in [0.1, 0.15) is 11.8 Å². The second kappa shape index (κ2) is 8.02. The van der Waals surface area contributed by atoms with Gasteiger partial charge in [0.2, 0.25) is 0 Å². The first-order chi connectivity index (χ1) is 13.6. The molecule has 0 aliphatic carbocycles. The van der Waals surface area contributed by atoms with Crippen molar-refractivity contribution < 1.29 is 19.1 Å². The van der Waals surface area contributed by atoms with Crippen LogP contribution in [0.3, 0.4) is 0 Å². The summed E-state index contributed by atoms with van der Waals surface area (Å²) < 4.78 is 5.52. The van der Waals surface area contributed by atoms with Crippen molar-refractivity contribution >= 4 is 29.2 Å².